The molecule has 3 rings (SSSR count). The fourth-order valence-corrected chi connectivity index (χ4v) is 2.17. The van der Waals surface area contributed by atoms with Crippen LogP contribution in [0.2, 0.25) is 0 Å². The quantitative estimate of drug-likeness (QED) is 0.590. The van der Waals surface area contributed by atoms with Crippen LogP contribution in [0.4, 0.5) is 0 Å². The summed E-state index contributed by atoms with van der Waals surface area (Å²) in [6, 6.07) is 10.6. The van der Waals surface area contributed by atoms with Crippen molar-refractivity contribution in [1.82, 2.24) is 4.98 Å². The van der Waals surface area contributed by atoms with Gasteiger partial charge in [-0.3, -0.25) is 0 Å². The van der Waals surface area contributed by atoms with Crippen molar-refractivity contribution < 1.29 is 17.0 Å². The average Bonchev–Trinajstić information content (AvgIpc) is 2.79. The highest BCUT2D eigenvalue weighted by molar-refractivity contribution is 5.54. The minimum atomic E-state index is 0. The molecule has 1 N–H and O–H groups in total. The predicted octanol–water partition coefficient (Wildman–Crippen LogP) is -1.08. The van der Waals surface area contributed by atoms with Gasteiger partial charge in [0.2, 0.25) is 0 Å². The summed E-state index contributed by atoms with van der Waals surface area (Å²) in [7, 11) is 0. The van der Waals surface area contributed by atoms with Gasteiger partial charge in [-0.15, -0.1) is 0 Å². The lowest BCUT2D eigenvalue weighted by atomic mass is 10.2. The second kappa shape index (κ2) is 4.07. The van der Waals surface area contributed by atoms with Crippen molar-refractivity contribution in [3.8, 4) is 11.3 Å². The SMILES string of the molecule is [Cl-].c1ccc(-c2c[nH]c3[n+]2CCC3)cc1. The van der Waals surface area contributed by atoms with E-state index in [1.54, 1.807) is 0 Å². The van der Waals surface area contributed by atoms with Crippen LogP contribution in [-0.2, 0) is 13.0 Å². The van der Waals surface area contributed by atoms with Gasteiger partial charge in [-0.25, -0.2) is 9.55 Å². The van der Waals surface area contributed by atoms with Crippen LogP contribution in [0, 0.1) is 0 Å². The Balaban J connectivity index is 0.000000853. The van der Waals surface area contributed by atoms with Gasteiger partial charge in [0, 0.05) is 5.56 Å². The Labute approximate surface area is 95.4 Å². The molecule has 0 saturated heterocycles. The molecule has 1 aromatic heterocycles. The summed E-state index contributed by atoms with van der Waals surface area (Å²) in [6.45, 7) is 1.16. The molecule has 2 heterocycles. The van der Waals surface area contributed by atoms with E-state index in [4.69, 9.17) is 0 Å². The smallest absolute Gasteiger partial charge is 0.254 e. The van der Waals surface area contributed by atoms with Crippen molar-refractivity contribution in [3.05, 3.63) is 42.4 Å². The Kier molecular flexibility index (Phi) is 2.78. The molecule has 1 aromatic carbocycles. The van der Waals surface area contributed by atoms with E-state index < -0.39 is 0 Å². The van der Waals surface area contributed by atoms with Crippen LogP contribution >= 0.6 is 0 Å². The molecule has 0 unspecified atom stereocenters. The summed E-state index contributed by atoms with van der Waals surface area (Å²) in [4.78, 5) is 3.35. The number of aryl methyl sites for hydroxylation is 1. The Morgan fingerprint density at radius 2 is 1.93 bits per heavy atom. The van der Waals surface area contributed by atoms with Crippen LogP contribution in [0.5, 0.6) is 0 Å². The molecule has 3 heteroatoms. The number of H-pyrrole nitrogens is 1. The van der Waals surface area contributed by atoms with Crippen molar-refractivity contribution in [2.75, 3.05) is 0 Å². The van der Waals surface area contributed by atoms with E-state index in [0.717, 1.165) is 6.54 Å². The largest absolute Gasteiger partial charge is 1.00 e. The molecule has 78 valence electrons. The molecule has 0 spiro atoms. The summed E-state index contributed by atoms with van der Waals surface area (Å²) < 4.78 is 2.38. The summed E-state index contributed by atoms with van der Waals surface area (Å²) in [5, 5.41) is 0. The zero-order valence-electron chi connectivity index (χ0n) is 8.41. The Morgan fingerprint density at radius 3 is 2.73 bits per heavy atom. The fraction of sp³-hybridized carbons (Fsp3) is 0.250. The molecule has 0 atom stereocenters. The number of hydrogen-bond donors (Lipinski definition) is 1. The first-order valence-corrected chi connectivity index (χ1v) is 5.11. The fourth-order valence-electron chi connectivity index (χ4n) is 2.17. The van der Waals surface area contributed by atoms with E-state index in [-0.39, 0.29) is 12.4 Å². The molecular formula is C12H13ClN2. The number of nitrogens with one attached hydrogen (secondary N) is 1. The molecular weight excluding hydrogens is 208 g/mol. The summed E-state index contributed by atoms with van der Waals surface area (Å²) in [5.74, 6) is 1.36. The van der Waals surface area contributed by atoms with Gasteiger partial charge in [0.05, 0.1) is 13.0 Å². The van der Waals surface area contributed by atoms with E-state index in [1.807, 2.05) is 0 Å². The molecule has 2 nitrogen and oxygen atoms in total. The highest BCUT2D eigenvalue weighted by atomic mass is 35.5. The van der Waals surface area contributed by atoms with Crippen LogP contribution in [0.3, 0.4) is 0 Å². The van der Waals surface area contributed by atoms with Crippen molar-refractivity contribution >= 4 is 0 Å². The number of halogens is 1. The molecule has 0 amide bonds. The third-order valence-corrected chi connectivity index (χ3v) is 2.86. The van der Waals surface area contributed by atoms with Crippen molar-refractivity contribution in [2.24, 2.45) is 0 Å². The van der Waals surface area contributed by atoms with Crippen molar-refractivity contribution in [1.29, 1.82) is 0 Å². The monoisotopic (exact) mass is 220 g/mol. The lowest BCUT2D eigenvalue weighted by Crippen LogP contribution is -3.00. The van der Waals surface area contributed by atoms with E-state index in [2.05, 4.69) is 46.1 Å². The topological polar surface area (TPSA) is 19.7 Å². The standard InChI is InChI=1S/C12H12N2.ClH/c1-2-5-10(6-3-1)11-9-13-12-7-4-8-14(11)12;/h1-3,5-6,9H,4,7-8H2;1H. The van der Waals surface area contributed by atoms with Crippen LogP contribution in [0.15, 0.2) is 36.5 Å². The number of nitrogens with zero attached hydrogens (tertiary/aromatic N) is 1. The zero-order valence-corrected chi connectivity index (χ0v) is 9.17. The lowest BCUT2D eigenvalue weighted by Gasteiger charge is -1.97. The van der Waals surface area contributed by atoms with Gasteiger partial charge in [-0.2, -0.15) is 0 Å². The number of imidazole rings is 1. The second-order valence-corrected chi connectivity index (χ2v) is 3.74. The molecule has 1 aliphatic rings. The maximum Gasteiger partial charge on any atom is 0.254 e. The number of aromatic amines is 1. The van der Waals surface area contributed by atoms with Crippen LogP contribution in [0.1, 0.15) is 12.2 Å². The van der Waals surface area contributed by atoms with Gasteiger partial charge < -0.3 is 12.4 Å². The maximum absolute atomic E-state index is 3.35. The first-order valence-electron chi connectivity index (χ1n) is 5.11. The van der Waals surface area contributed by atoms with Crippen LogP contribution < -0.4 is 17.0 Å². The first kappa shape index (κ1) is 10.2. The number of hydrogen-bond acceptors (Lipinski definition) is 0. The molecule has 0 saturated carbocycles. The number of rotatable bonds is 1. The Morgan fingerprint density at radius 1 is 1.13 bits per heavy atom. The predicted molar refractivity (Wildman–Crippen MR) is 54.7 cm³/mol. The van der Waals surface area contributed by atoms with Gasteiger partial charge >= 0.3 is 0 Å². The Hall–Kier alpha value is -1.28. The summed E-state index contributed by atoms with van der Waals surface area (Å²) in [6.07, 6.45) is 4.57. The normalized spacial score (nSPS) is 13.3. The Bertz CT molecular complexity index is 448. The number of fused-ring (bicyclic) bond motifs is 1. The zero-order chi connectivity index (χ0) is 9.38. The molecule has 0 fully saturated rings. The van der Waals surface area contributed by atoms with E-state index in [1.165, 1.54) is 29.9 Å². The summed E-state index contributed by atoms with van der Waals surface area (Å²) >= 11 is 0. The van der Waals surface area contributed by atoms with Crippen LogP contribution in [0.25, 0.3) is 11.3 Å². The van der Waals surface area contributed by atoms with Crippen LogP contribution in [-0.4, -0.2) is 4.98 Å². The summed E-state index contributed by atoms with van der Waals surface area (Å²) in [5.41, 5.74) is 2.62. The molecule has 2 aromatic rings. The highest BCUT2D eigenvalue weighted by Crippen LogP contribution is 2.17. The molecule has 0 bridgehead atoms. The van der Waals surface area contributed by atoms with Crippen molar-refractivity contribution in [2.45, 2.75) is 19.4 Å². The minimum absolute atomic E-state index is 0. The third-order valence-electron chi connectivity index (χ3n) is 2.86. The lowest BCUT2D eigenvalue weighted by molar-refractivity contribution is -0.678. The first-order chi connectivity index (χ1) is 6.95. The van der Waals surface area contributed by atoms with E-state index >= 15 is 0 Å². The van der Waals surface area contributed by atoms with Crippen molar-refractivity contribution in [3.63, 3.8) is 0 Å². The van der Waals surface area contributed by atoms with Gasteiger partial charge in [-0.05, 0) is 6.42 Å². The third kappa shape index (κ3) is 1.65. The molecule has 1 aliphatic heterocycles. The molecule has 0 radical (unpaired) electrons. The molecule has 0 aliphatic carbocycles. The maximum atomic E-state index is 3.35. The average molecular weight is 221 g/mol. The van der Waals surface area contributed by atoms with Gasteiger partial charge in [0.1, 0.15) is 6.20 Å². The number of aromatic nitrogens is 2. The molecule has 15 heavy (non-hydrogen) atoms. The van der Waals surface area contributed by atoms with E-state index in [0.29, 0.717) is 0 Å². The minimum Gasteiger partial charge on any atom is -1.00 e. The van der Waals surface area contributed by atoms with Gasteiger partial charge in [0.15, 0.2) is 5.69 Å². The van der Waals surface area contributed by atoms with Gasteiger partial charge in [-0.1, -0.05) is 30.3 Å². The van der Waals surface area contributed by atoms with E-state index in [9.17, 15) is 0 Å². The van der Waals surface area contributed by atoms with Gasteiger partial charge in [0.25, 0.3) is 5.82 Å². The number of benzene rings is 1. The highest BCUT2D eigenvalue weighted by Gasteiger charge is 2.23. The second-order valence-electron chi connectivity index (χ2n) is 3.74.